The zero-order chi connectivity index (χ0) is 29.3. The molecule has 1 fully saturated rings. The maximum Gasteiger partial charge on any atom is 0.270 e. The minimum absolute atomic E-state index is 0.0291. The van der Waals surface area contributed by atoms with Crippen molar-refractivity contribution in [3.05, 3.63) is 106 Å². The first-order valence-electron chi connectivity index (χ1n) is 12.3. The van der Waals surface area contributed by atoms with Crippen molar-refractivity contribution >= 4 is 58.2 Å². The van der Waals surface area contributed by atoms with Gasteiger partial charge >= 0.3 is 0 Å². The highest BCUT2D eigenvalue weighted by Gasteiger charge is 2.41. The molecule has 0 saturated carbocycles. The predicted molar refractivity (Wildman–Crippen MR) is 158 cm³/mol. The van der Waals surface area contributed by atoms with Crippen LogP contribution < -0.4 is 19.3 Å². The van der Waals surface area contributed by atoms with E-state index in [1.54, 1.807) is 42.5 Å². The molecule has 8 nitrogen and oxygen atoms in total. The molecule has 2 amide bonds. The Morgan fingerprint density at radius 1 is 0.902 bits per heavy atom. The van der Waals surface area contributed by atoms with E-state index in [1.807, 2.05) is 32.0 Å². The van der Waals surface area contributed by atoms with Crippen LogP contribution in [0.1, 0.15) is 16.7 Å². The zero-order valence-corrected chi connectivity index (χ0v) is 23.7. The SMILES string of the molecule is COc1ccc(/C=C2/C(=O)N(c3ccccc3)C(=S)N(c3ccc(C)c(C)c3)C2=O)cc1Oc1nc(Cl)ncc1F. The van der Waals surface area contributed by atoms with Crippen molar-refractivity contribution in [2.75, 3.05) is 16.9 Å². The van der Waals surface area contributed by atoms with Crippen LogP contribution in [0.25, 0.3) is 6.08 Å². The van der Waals surface area contributed by atoms with Crippen LogP contribution in [0.2, 0.25) is 5.28 Å². The van der Waals surface area contributed by atoms with Crippen LogP contribution in [0.4, 0.5) is 15.8 Å². The van der Waals surface area contributed by atoms with Crippen LogP contribution >= 0.6 is 23.8 Å². The summed E-state index contributed by atoms with van der Waals surface area (Å²) in [6, 6.07) is 19.0. The van der Waals surface area contributed by atoms with Crippen LogP contribution in [-0.4, -0.2) is 34.0 Å². The van der Waals surface area contributed by atoms with Crippen LogP contribution in [0.5, 0.6) is 17.4 Å². The van der Waals surface area contributed by atoms with Gasteiger partial charge in [0.2, 0.25) is 11.1 Å². The third-order valence-corrected chi connectivity index (χ3v) is 6.95. The highest BCUT2D eigenvalue weighted by Crippen LogP contribution is 2.35. The molecule has 1 aliphatic rings. The van der Waals surface area contributed by atoms with Gasteiger partial charge < -0.3 is 9.47 Å². The Balaban J connectivity index is 1.61. The molecule has 1 aromatic heterocycles. The summed E-state index contributed by atoms with van der Waals surface area (Å²) in [5.41, 5.74) is 3.29. The van der Waals surface area contributed by atoms with Crippen molar-refractivity contribution in [1.29, 1.82) is 0 Å². The van der Waals surface area contributed by atoms with Crippen molar-refractivity contribution in [2.45, 2.75) is 13.8 Å². The number of para-hydroxylation sites is 1. The predicted octanol–water partition coefficient (Wildman–Crippen LogP) is 6.44. The summed E-state index contributed by atoms with van der Waals surface area (Å²) >= 11 is 11.5. The van der Waals surface area contributed by atoms with E-state index < -0.39 is 23.5 Å². The fourth-order valence-corrected chi connectivity index (χ4v) is 4.67. The van der Waals surface area contributed by atoms with E-state index in [9.17, 15) is 14.0 Å². The number of aromatic nitrogens is 2. The lowest BCUT2D eigenvalue weighted by molar-refractivity contribution is -0.120. The smallest absolute Gasteiger partial charge is 0.270 e. The summed E-state index contributed by atoms with van der Waals surface area (Å²) in [5, 5.41) is -0.179. The van der Waals surface area contributed by atoms with E-state index >= 15 is 0 Å². The summed E-state index contributed by atoms with van der Waals surface area (Å²) in [7, 11) is 1.41. The quantitative estimate of drug-likeness (QED) is 0.111. The molecule has 2 heterocycles. The topological polar surface area (TPSA) is 84.9 Å². The van der Waals surface area contributed by atoms with Crippen molar-refractivity contribution in [1.82, 2.24) is 9.97 Å². The lowest BCUT2D eigenvalue weighted by Gasteiger charge is -2.36. The van der Waals surface area contributed by atoms with Gasteiger partial charge in [0, 0.05) is 0 Å². The first-order chi connectivity index (χ1) is 19.7. The molecule has 0 N–H and O–H groups in total. The molecule has 206 valence electrons. The molecule has 0 bridgehead atoms. The molecular weight excluding hydrogens is 567 g/mol. The number of benzene rings is 3. The van der Waals surface area contributed by atoms with Crippen molar-refractivity contribution < 1.29 is 23.5 Å². The Bertz CT molecular complexity index is 1730. The number of ether oxygens (including phenoxy) is 2. The largest absolute Gasteiger partial charge is 0.493 e. The lowest BCUT2D eigenvalue weighted by atomic mass is 10.0. The Morgan fingerprint density at radius 2 is 1.61 bits per heavy atom. The van der Waals surface area contributed by atoms with Gasteiger partial charge in [0.15, 0.2) is 16.6 Å². The fourth-order valence-electron chi connectivity index (χ4n) is 4.16. The molecule has 4 aromatic rings. The first kappa shape index (κ1) is 27.9. The molecule has 0 atom stereocenters. The average molecular weight is 589 g/mol. The van der Waals surface area contributed by atoms with Crippen LogP contribution in [-0.2, 0) is 9.59 Å². The number of thiocarbonyl (C=S) groups is 1. The van der Waals surface area contributed by atoms with Gasteiger partial charge in [-0.25, -0.2) is 4.98 Å². The average Bonchev–Trinajstić information content (AvgIpc) is 2.96. The summed E-state index contributed by atoms with van der Waals surface area (Å²) < 4.78 is 25.3. The maximum atomic E-state index is 14.3. The number of hydrogen-bond donors (Lipinski definition) is 0. The van der Waals surface area contributed by atoms with Crippen molar-refractivity contribution in [3.8, 4) is 17.4 Å². The number of carbonyl (C=O) groups is 2. The van der Waals surface area contributed by atoms with Crippen molar-refractivity contribution in [2.24, 2.45) is 0 Å². The Morgan fingerprint density at radius 3 is 2.29 bits per heavy atom. The van der Waals surface area contributed by atoms with Gasteiger partial charge in [-0.2, -0.15) is 9.37 Å². The molecule has 0 unspecified atom stereocenters. The Hall–Kier alpha value is -4.67. The second-order valence-electron chi connectivity index (χ2n) is 9.03. The van der Waals surface area contributed by atoms with Gasteiger partial charge in [0.25, 0.3) is 17.7 Å². The second kappa shape index (κ2) is 11.4. The van der Waals surface area contributed by atoms with E-state index in [0.29, 0.717) is 16.9 Å². The molecular formula is C30H22ClFN4O4S. The number of methoxy groups -OCH3 is 1. The second-order valence-corrected chi connectivity index (χ2v) is 9.73. The van der Waals surface area contributed by atoms with Gasteiger partial charge in [0.1, 0.15) is 5.57 Å². The summed E-state index contributed by atoms with van der Waals surface area (Å²) in [6.07, 6.45) is 2.30. The van der Waals surface area contributed by atoms with E-state index in [0.717, 1.165) is 17.3 Å². The van der Waals surface area contributed by atoms with E-state index in [2.05, 4.69) is 9.97 Å². The Kier molecular flexibility index (Phi) is 7.78. The van der Waals surface area contributed by atoms with Gasteiger partial charge in [-0.3, -0.25) is 19.4 Å². The van der Waals surface area contributed by atoms with Crippen LogP contribution in [0.3, 0.4) is 0 Å². The van der Waals surface area contributed by atoms with E-state index in [1.165, 1.54) is 29.1 Å². The minimum atomic E-state index is -0.839. The standard InChI is InChI=1S/C30H22ClFN4O4S/c1-17-9-11-21(13-18(17)2)36-28(38)22(27(37)35(30(36)41)20-7-5-4-6-8-20)14-19-10-12-24(39-3)25(15-19)40-26-23(32)16-33-29(31)34-26/h4-16H,1-3H3/b22-14-. The van der Waals surface area contributed by atoms with Gasteiger partial charge in [-0.05, 0) is 96.8 Å². The highest BCUT2D eigenvalue weighted by atomic mass is 35.5. The van der Waals surface area contributed by atoms with Crippen molar-refractivity contribution in [3.63, 3.8) is 0 Å². The monoisotopic (exact) mass is 588 g/mol. The minimum Gasteiger partial charge on any atom is -0.493 e. The van der Waals surface area contributed by atoms with Crippen LogP contribution in [0.15, 0.2) is 78.5 Å². The Labute approximate surface area is 245 Å². The first-order valence-corrected chi connectivity index (χ1v) is 13.1. The highest BCUT2D eigenvalue weighted by molar-refractivity contribution is 7.81. The zero-order valence-electron chi connectivity index (χ0n) is 22.1. The van der Waals surface area contributed by atoms with Gasteiger partial charge in [-0.1, -0.05) is 30.3 Å². The molecule has 1 aliphatic heterocycles. The molecule has 0 radical (unpaired) electrons. The van der Waals surface area contributed by atoms with Gasteiger partial charge in [0.05, 0.1) is 24.7 Å². The summed E-state index contributed by atoms with van der Waals surface area (Å²) in [6.45, 7) is 3.89. The molecule has 3 aromatic carbocycles. The van der Waals surface area contributed by atoms with E-state index in [4.69, 9.17) is 33.3 Å². The molecule has 1 saturated heterocycles. The third-order valence-electron chi connectivity index (χ3n) is 6.40. The molecule has 5 rings (SSSR count). The number of rotatable bonds is 6. The number of halogens is 2. The third kappa shape index (κ3) is 5.52. The summed E-state index contributed by atoms with van der Waals surface area (Å²) in [5.74, 6) is -2.12. The number of anilines is 2. The lowest BCUT2D eigenvalue weighted by Crippen LogP contribution is -2.57. The normalized spacial score (nSPS) is 14.6. The van der Waals surface area contributed by atoms with Crippen LogP contribution in [0, 0.1) is 19.7 Å². The number of nitrogens with zero attached hydrogens (tertiary/aromatic N) is 4. The van der Waals surface area contributed by atoms with E-state index in [-0.39, 0.29) is 27.5 Å². The van der Waals surface area contributed by atoms with Gasteiger partial charge in [-0.15, -0.1) is 0 Å². The molecule has 11 heteroatoms. The number of aryl methyl sites for hydroxylation is 2. The summed E-state index contributed by atoms with van der Waals surface area (Å²) in [4.78, 5) is 37.7. The number of carbonyl (C=O) groups excluding carboxylic acids is 2. The maximum absolute atomic E-state index is 14.3. The molecule has 0 aliphatic carbocycles. The molecule has 41 heavy (non-hydrogen) atoms. The molecule has 0 spiro atoms. The number of hydrogen-bond acceptors (Lipinski definition) is 7. The fraction of sp³-hybridized carbons (Fsp3) is 0.100. The number of amides is 2.